The zero-order chi connectivity index (χ0) is 11.8. The molecular weight excluding hydrogens is 206 g/mol. The van der Waals surface area contributed by atoms with E-state index in [-0.39, 0.29) is 5.91 Å². The van der Waals surface area contributed by atoms with Crippen LogP contribution in [0.15, 0.2) is 24.5 Å². The van der Waals surface area contributed by atoms with Crippen molar-refractivity contribution >= 4 is 5.91 Å². The van der Waals surface area contributed by atoms with Crippen LogP contribution in [0.25, 0.3) is 0 Å². The van der Waals surface area contributed by atoms with Gasteiger partial charge in [0, 0.05) is 32.7 Å². The lowest BCUT2D eigenvalue weighted by Crippen LogP contribution is -2.40. The molecule has 0 aliphatic rings. The molecule has 1 aromatic rings. The maximum Gasteiger partial charge on any atom is 0.237 e. The summed E-state index contributed by atoms with van der Waals surface area (Å²) in [5, 5.41) is 2.76. The predicted octanol–water partition coefficient (Wildman–Crippen LogP) is 0.0616. The molecule has 5 heteroatoms. The number of amides is 1. The number of ether oxygens (including phenoxy) is 1. The normalized spacial score (nSPS) is 12.1. The Balaban J connectivity index is 2.29. The van der Waals surface area contributed by atoms with Crippen molar-refractivity contribution in [1.29, 1.82) is 0 Å². The molecule has 88 valence electrons. The van der Waals surface area contributed by atoms with E-state index >= 15 is 0 Å². The second-order valence-electron chi connectivity index (χ2n) is 3.46. The Labute approximate surface area is 95.0 Å². The first kappa shape index (κ1) is 12.6. The second-order valence-corrected chi connectivity index (χ2v) is 3.46. The van der Waals surface area contributed by atoms with Crippen LogP contribution in [0, 0.1) is 0 Å². The highest BCUT2D eigenvalue weighted by Crippen LogP contribution is 1.96. The summed E-state index contributed by atoms with van der Waals surface area (Å²) >= 11 is 0. The van der Waals surface area contributed by atoms with Crippen molar-refractivity contribution < 1.29 is 9.53 Å². The third-order valence-corrected chi connectivity index (χ3v) is 2.19. The highest BCUT2D eigenvalue weighted by Gasteiger charge is 2.11. The van der Waals surface area contributed by atoms with Crippen molar-refractivity contribution in [3.63, 3.8) is 0 Å². The molecule has 0 radical (unpaired) electrons. The minimum atomic E-state index is -0.512. The molecule has 16 heavy (non-hydrogen) atoms. The summed E-state index contributed by atoms with van der Waals surface area (Å²) in [6.45, 7) is 0.964. The van der Waals surface area contributed by atoms with Crippen LogP contribution in [-0.4, -0.2) is 30.6 Å². The minimum absolute atomic E-state index is 0.158. The average Bonchev–Trinajstić information content (AvgIpc) is 2.34. The number of hydrogen-bond acceptors (Lipinski definition) is 4. The number of hydrogen-bond donors (Lipinski definition) is 2. The van der Waals surface area contributed by atoms with Crippen molar-refractivity contribution in [2.75, 3.05) is 13.7 Å². The third kappa shape index (κ3) is 4.37. The molecule has 0 aromatic carbocycles. The van der Waals surface area contributed by atoms with E-state index in [0.717, 1.165) is 5.56 Å². The Morgan fingerprint density at radius 1 is 1.56 bits per heavy atom. The van der Waals surface area contributed by atoms with Crippen molar-refractivity contribution in [2.24, 2.45) is 5.73 Å². The number of nitrogens with one attached hydrogen (secondary N) is 1. The fourth-order valence-electron chi connectivity index (χ4n) is 1.20. The van der Waals surface area contributed by atoms with Crippen molar-refractivity contribution in [3.8, 4) is 0 Å². The molecular formula is C11H17N3O2. The van der Waals surface area contributed by atoms with Gasteiger partial charge in [0.15, 0.2) is 0 Å². The molecule has 0 aliphatic heterocycles. The largest absolute Gasteiger partial charge is 0.385 e. The van der Waals surface area contributed by atoms with Crippen molar-refractivity contribution in [3.05, 3.63) is 30.1 Å². The van der Waals surface area contributed by atoms with E-state index in [1.165, 1.54) is 0 Å². The van der Waals surface area contributed by atoms with Crippen LogP contribution in [0.1, 0.15) is 12.0 Å². The zero-order valence-electron chi connectivity index (χ0n) is 9.35. The van der Waals surface area contributed by atoms with E-state index in [1.807, 2.05) is 12.1 Å². The van der Waals surface area contributed by atoms with Gasteiger partial charge in [0.05, 0.1) is 6.04 Å². The van der Waals surface area contributed by atoms with Gasteiger partial charge in [-0.1, -0.05) is 0 Å². The van der Waals surface area contributed by atoms with Gasteiger partial charge in [-0.25, -0.2) is 0 Å². The van der Waals surface area contributed by atoms with E-state index in [1.54, 1.807) is 19.5 Å². The number of pyridine rings is 1. The summed E-state index contributed by atoms with van der Waals surface area (Å²) in [5.41, 5.74) is 6.67. The van der Waals surface area contributed by atoms with Gasteiger partial charge in [-0.15, -0.1) is 0 Å². The molecule has 0 fully saturated rings. The molecule has 0 aliphatic carbocycles. The highest BCUT2D eigenvalue weighted by atomic mass is 16.5. The third-order valence-electron chi connectivity index (χ3n) is 2.19. The molecule has 1 rings (SSSR count). The summed E-state index contributed by atoms with van der Waals surface area (Å²) in [6, 6.07) is 3.18. The minimum Gasteiger partial charge on any atom is -0.385 e. The smallest absolute Gasteiger partial charge is 0.237 e. The number of carbonyl (C=O) groups excluding carboxylic acids is 1. The molecule has 1 aromatic heterocycles. The summed E-state index contributed by atoms with van der Waals surface area (Å²) in [7, 11) is 1.58. The number of nitrogens with zero attached hydrogens (tertiary/aromatic N) is 1. The molecule has 0 saturated carbocycles. The van der Waals surface area contributed by atoms with Crippen LogP contribution in [0.5, 0.6) is 0 Å². The van der Waals surface area contributed by atoms with Gasteiger partial charge in [-0.2, -0.15) is 0 Å². The summed E-state index contributed by atoms with van der Waals surface area (Å²) in [5.74, 6) is -0.158. The molecule has 1 unspecified atom stereocenters. The summed E-state index contributed by atoms with van der Waals surface area (Å²) in [6.07, 6.45) is 3.90. The first-order valence-corrected chi connectivity index (χ1v) is 5.15. The van der Waals surface area contributed by atoms with E-state index in [2.05, 4.69) is 10.3 Å². The van der Waals surface area contributed by atoms with E-state index in [0.29, 0.717) is 19.6 Å². The fraction of sp³-hybridized carbons (Fsp3) is 0.455. The quantitative estimate of drug-likeness (QED) is 0.715. The molecule has 0 bridgehead atoms. The maximum absolute atomic E-state index is 11.5. The van der Waals surface area contributed by atoms with Crippen LogP contribution < -0.4 is 11.1 Å². The predicted molar refractivity (Wildman–Crippen MR) is 60.6 cm³/mol. The lowest BCUT2D eigenvalue weighted by molar-refractivity contribution is -0.122. The summed E-state index contributed by atoms with van der Waals surface area (Å²) in [4.78, 5) is 15.4. The van der Waals surface area contributed by atoms with Gasteiger partial charge in [-0.3, -0.25) is 9.78 Å². The highest BCUT2D eigenvalue weighted by molar-refractivity contribution is 5.81. The van der Waals surface area contributed by atoms with E-state index < -0.39 is 6.04 Å². The van der Waals surface area contributed by atoms with Crippen molar-refractivity contribution in [1.82, 2.24) is 10.3 Å². The average molecular weight is 223 g/mol. The van der Waals surface area contributed by atoms with E-state index in [4.69, 9.17) is 10.5 Å². The molecule has 5 nitrogen and oxygen atoms in total. The Hall–Kier alpha value is -1.46. The first-order chi connectivity index (χ1) is 7.74. The van der Waals surface area contributed by atoms with Crippen LogP contribution in [0.2, 0.25) is 0 Å². The molecule has 0 spiro atoms. The summed E-state index contributed by atoms with van der Waals surface area (Å²) < 4.78 is 4.86. The first-order valence-electron chi connectivity index (χ1n) is 5.15. The standard InChI is InChI=1S/C11H17N3O2/c1-16-7-4-10(12)11(15)14-8-9-2-5-13-6-3-9/h2-3,5-6,10H,4,7-8,12H2,1H3,(H,14,15). The SMILES string of the molecule is COCCC(N)C(=O)NCc1ccncc1. The molecule has 1 amide bonds. The fourth-order valence-corrected chi connectivity index (χ4v) is 1.20. The van der Waals surface area contributed by atoms with Gasteiger partial charge in [-0.05, 0) is 24.1 Å². The number of carbonyl (C=O) groups is 1. The Morgan fingerprint density at radius 2 is 2.25 bits per heavy atom. The number of aromatic nitrogens is 1. The van der Waals surface area contributed by atoms with Gasteiger partial charge >= 0.3 is 0 Å². The molecule has 0 saturated heterocycles. The van der Waals surface area contributed by atoms with Crippen LogP contribution >= 0.6 is 0 Å². The second kappa shape index (κ2) is 6.92. The molecule has 1 heterocycles. The Kier molecular flexibility index (Phi) is 5.45. The topological polar surface area (TPSA) is 77.2 Å². The number of methoxy groups -OCH3 is 1. The Bertz CT molecular complexity index is 316. The Morgan fingerprint density at radius 3 is 2.88 bits per heavy atom. The number of rotatable bonds is 6. The van der Waals surface area contributed by atoms with Crippen LogP contribution in [0.4, 0.5) is 0 Å². The number of nitrogens with two attached hydrogens (primary N) is 1. The van der Waals surface area contributed by atoms with E-state index in [9.17, 15) is 4.79 Å². The monoisotopic (exact) mass is 223 g/mol. The van der Waals surface area contributed by atoms with Crippen molar-refractivity contribution in [2.45, 2.75) is 19.0 Å². The molecule has 3 N–H and O–H groups in total. The zero-order valence-corrected chi connectivity index (χ0v) is 9.35. The van der Waals surface area contributed by atoms with Gasteiger partial charge < -0.3 is 15.8 Å². The lowest BCUT2D eigenvalue weighted by Gasteiger charge is -2.11. The van der Waals surface area contributed by atoms with Crippen LogP contribution in [-0.2, 0) is 16.1 Å². The van der Waals surface area contributed by atoms with Gasteiger partial charge in [0.1, 0.15) is 0 Å². The van der Waals surface area contributed by atoms with Crippen LogP contribution in [0.3, 0.4) is 0 Å². The van der Waals surface area contributed by atoms with Gasteiger partial charge in [0.2, 0.25) is 5.91 Å². The maximum atomic E-state index is 11.5. The van der Waals surface area contributed by atoms with Gasteiger partial charge in [0.25, 0.3) is 0 Å². The molecule has 1 atom stereocenters. The lowest BCUT2D eigenvalue weighted by atomic mass is 10.2.